The van der Waals surface area contributed by atoms with E-state index >= 15 is 0 Å². The van der Waals surface area contributed by atoms with Crippen LogP contribution in [-0.2, 0) is 16.0 Å². The molecule has 0 radical (unpaired) electrons. The van der Waals surface area contributed by atoms with Crippen molar-refractivity contribution in [2.24, 2.45) is 17.6 Å². The van der Waals surface area contributed by atoms with Gasteiger partial charge in [-0.3, -0.25) is 20.4 Å². The summed E-state index contributed by atoms with van der Waals surface area (Å²) in [5.41, 5.74) is 7.69. The zero-order valence-corrected chi connectivity index (χ0v) is 27.8. The molecular weight excluding hydrogens is 661 g/mol. The van der Waals surface area contributed by atoms with E-state index < -0.39 is 30.0 Å². The SMILES string of the molecule is CC(=N)N1CCC(CNC(=O)C(C2CCCCC2)N(CC(Cc2ccc(C(=N)N)cc2)c2cccc(Br)c2)C(=O)C(F)(F)F)CC1. The Morgan fingerprint density at radius 3 is 2.26 bits per heavy atom. The van der Waals surface area contributed by atoms with Crippen molar-refractivity contribution >= 4 is 39.4 Å². The first-order valence-electron chi connectivity index (χ1n) is 16.0. The molecule has 2 amide bonds. The molecule has 0 aromatic heterocycles. The van der Waals surface area contributed by atoms with E-state index in [0.29, 0.717) is 50.3 Å². The first-order chi connectivity index (χ1) is 21.8. The van der Waals surface area contributed by atoms with Gasteiger partial charge in [0.2, 0.25) is 5.91 Å². The van der Waals surface area contributed by atoms with E-state index in [9.17, 15) is 22.8 Å². The van der Waals surface area contributed by atoms with Crippen LogP contribution in [0.15, 0.2) is 53.0 Å². The highest BCUT2D eigenvalue weighted by Gasteiger charge is 2.48. The third-order valence-electron chi connectivity index (χ3n) is 9.34. The summed E-state index contributed by atoms with van der Waals surface area (Å²) in [7, 11) is 0. The van der Waals surface area contributed by atoms with E-state index in [1.165, 1.54) is 0 Å². The van der Waals surface area contributed by atoms with Crippen LogP contribution in [0.4, 0.5) is 13.2 Å². The summed E-state index contributed by atoms with van der Waals surface area (Å²) in [6.07, 6.45) is 0.362. The monoisotopic (exact) mass is 704 g/mol. The van der Waals surface area contributed by atoms with Gasteiger partial charge in [0, 0.05) is 42.1 Å². The number of carbonyl (C=O) groups excluding carboxylic acids is 2. The number of nitrogen functional groups attached to an aromatic ring is 1. The van der Waals surface area contributed by atoms with Crippen molar-refractivity contribution in [2.45, 2.75) is 76.4 Å². The highest BCUT2D eigenvalue weighted by Crippen LogP contribution is 2.34. The van der Waals surface area contributed by atoms with Crippen LogP contribution in [-0.4, -0.2) is 71.7 Å². The molecule has 46 heavy (non-hydrogen) atoms. The molecule has 4 rings (SSSR count). The Kier molecular flexibility index (Phi) is 12.3. The molecular formula is C34H44BrF3N6O2. The van der Waals surface area contributed by atoms with Crippen LogP contribution >= 0.6 is 15.9 Å². The van der Waals surface area contributed by atoms with Crippen LogP contribution in [0, 0.1) is 22.7 Å². The quantitative estimate of drug-likeness (QED) is 0.164. The molecule has 1 saturated carbocycles. The van der Waals surface area contributed by atoms with E-state index in [1.54, 1.807) is 37.3 Å². The zero-order chi connectivity index (χ0) is 33.4. The van der Waals surface area contributed by atoms with Gasteiger partial charge in [0.05, 0.1) is 5.84 Å². The predicted molar refractivity (Wildman–Crippen MR) is 177 cm³/mol. The van der Waals surface area contributed by atoms with Crippen LogP contribution in [0.25, 0.3) is 0 Å². The Morgan fingerprint density at radius 1 is 1.04 bits per heavy atom. The number of hydrogen-bond acceptors (Lipinski definition) is 4. The van der Waals surface area contributed by atoms with Crippen LogP contribution in [0.2, 0.25) is 0 Å². The average molecular weight is 706 g/mol. The number of rotatable bonds is 11. The van der Waals surface area contributed by atoms with Gasteiger partial charge in [-0.2, -0.15) is 13.2 Å². The Bertz CT molecular complexity index is 1370. The molecule has 1 aliphatic carbocycles. The van der Waals surface area contributed by atoms with E-state index in [2.05, 4.69) is 21.2 Å². The number of amides is 2. The van der Waals surface area contributed by atoms with Crippen molar-refractivity contribution < 1.29 is 22.8 Å². The van der Waals surface area contributed by atoms with Gasteiger partial charge in [0.25, 0.3) is 0 Å². The lowest BCUT2D eigenvalue weighted by Crippen LogP contribution is -2.58. The summed E-state index contributed by atoms with van der Waals surface area (Å²) < 4.78 is 43.8. The second kappa shape index (κ2) is 15.9. The molecule has 1 saturated heterocycles. The molecule has 2 aromatic rings. The average Bonchev–Trinajstić information content (AvgIpc) is 3.03. The zero-order valence-electron chi connectivity index (χ0n) is 26.2. The maximum Gasteiger partial charge on any atom is 0.471 e. The lowest BCUT2D eigenvalue weighted by Gasteiger charge is -2.40. The molecule has 2 aliphatic rings. The molecule has 1 heterocycles. The van der Waals surface area contributed by atoms with Crippen molar-refractivity contribution in [3.8, 4) is 0 Å². The van der Waals surface area contributed by atoms with E-state index in [0.717, 1.165) is 52.6 Å². The standard InChI is InChI=1S/C34H44BrF3N6O2/c1-22(39)43-16-14-24(15-17-43)20-42-32(45)30(25-6-3-2-4-7-25)44(33(46)34(36,37)38)21-28(27-8-5-9-29(35)19-27)18-23-10-12-26(13-11-23)31(40)41/h5,8-13,19,24-25,28,30,39H,2-4,6-7,14-18,20-21H2,1H3,(H3,40,41)(H,42,45). The topological polar surface area (TPSA) is 126 Å². The van der Waals surface area contributed by atoms with Crippen LogP contribution in [0.3, 0.4) is 0 Å². The number of likely N-dealkylation sites (tertiary alicyclic amines) is 1. The predicted octanol–water partition coefficient (Wildman–Crippen LogP) is 6.22. The number of nitrogens with two attached hydrogens (primary N) is 1. The third kappa shape index (κ3) is 9.56. The number of carbonyl (C=O) groups is 2. The number of nitrogens with zero attached hydrogens (tertiary/aromatic N) is 2. The Labute approximate surface area is 277 Å². The Hall–Kier alpha value is -3.41. The number of halogens is 4. The molecule has 0 spiro atoms. The van der Waals surface area contributed by atoms with E-state index in [-0.39, 0.29) is 24.2 Å². The summed E-state index contributed by atoms with van der Waals surface area (Å²) in [5.74, 6) is -2.93. The smallest absolute Gasteiger partial charge is 0.384 e. The fourth-order valence-electron chi connectivity index (χ4n) is 6.76. The number of piperidine rings is 1. The molecule has 2 atom stereocenters. The van der Waals surface area contributed by atoms with Crippen molar-refractivity contribution in [3.05, 3.63) is 69.7 Å². The van der Waals surface area contributed by atoms with Crippen molar-refractivity contribution in [1.29, 1.82) is 10.8 Å². The number of benzene rings is 2. The maximum atomic E-state index is 14.3. The summed E-state index contributed by atoms with van der Waals surface area (Å²) in [6, 6.07) is 13.0. The number of amidine groups is 2. The van der Waals surface area contributed by atoms with Gasteiger partial charge in [-0.15, -0.1) is 0 Å². The van der Waals surface area contributed by atoms with Crippen LogP contribution < -0.4 is 11.1 Å². The summed E-state index contributed by atoms with van der Waals surface area (Å²) in [4.78, 5) is 30.1. The minimum Gasteiger partial charge on any atom is -0.384 e. The van der Waals surface area contributed by atoms with Gasteiger partial charge in [0.1, 0.15) is 11.9 Å². The third-order valence-corrected chi connectivity index (χ3v) is 9.84. The molecule has 8 nitrogen and oxygen atoms in total. The van der Waals surface area contributed by atoms with Gasteiger partial charge < -0.3 is 20.9 Å². The van der Waals surface area contributed by atoms with Gasteiger partial charge in [-0.25, -0.2) is 0 Å². The van der Waals surface area contributed by atoms with Gasteiger partial charge >= 0.3 is 12.1 Å². The highest BCUT2D eigenvalue weighted by atomic mass is 79.9. The normalized spacial score (nSPS) is 17.6. The number of alkyl halides is 3. The molecule has 2 fully saturated rings. The lowest BCUT2D eigenvalue weighted by molar-refractivity contribution is -0.190. The summed E-state index contributed by atoms with van der Waals surface area (Å²) in [6.45, 7) is 3.16. The molecule has 12 heteroatoms. The molecule has 5 N–H and O–H groups in total. The molecule has 1 aliphatic heterocycles. The molecule has 2 unspecified atom stereocenters. The van der Waals surface area contributed by atoms with Gasteiger partial charge in [0.15, 0.2) is 0 Å². The van der Waals surface area contributed by atoms with E-state index in [1.807, 2.05) is 23.1 Å². The lowest BCUT2D eigenvalue weighted by atomic mass is 9.81. The minimum absolute atomic E-state index is 0.0891. The van der Waals surface area contributed by atoms with E-state index in [4.69, 9.17) is 16.6 Å². The van der Waals surface area contributed by atoms with Gasteiger partial charge in [-0.1, -0.05) is 71.6 Å². The fourth-order valence-corrected chi connectivity index (χ4v) is 7.18. The summed E-state index contributed by atoms with van der Waals surface area (Å²) in [5, 5.41) is 18.5. The first-order valence-corrected chi connectivity index (χ1v) is 16.8. The maximum absolute atomic E-state index is 14.3. The second-order valence-electron chi connectivity index (χ2n) is 12.6. The number of nitrogens with one attached hydrogen (secondary N) is 3. The van der Waals surface area contributed by atoms with Crippen LogP contribution in [0.1, 0.15) is 74.5 Å². The highest BCUT2D eigenvalue weighted by molar-refractivity contribution is 9.10. The van der Waals surface area contributed by atoms with Crippen molar-refractivity contribution in [1.82, 2.24) is 15.1 Å². The first kappa shape index (κ1) is 35.4. The largest absolute Gasteiger partial charge is 0.471 e. The van der Waals surface area contributed by atoms with Gasteiger partial charge in [-0.05, 0) is 74.1 Å². The van der Waals surface area contributed by atoms with Crippen LogP contribution in [0.5, 0.6) is 0 Å². The summed E-state index contributed by atoms with van der Waals surface area (Å²) >= 11 is 3.48. The minimum atomic E-state index is -5.16. The Balaban J connectivity index is 1.65. The second-order valence-corrected chi connectivity index (χ2v) is 13.5. The molecule has 250 valence electrons. The fraction of sp³-hybridized carbons (Fsp3) is 0.529. The molecule has 2 aromatic carbocycles. The van der Waals surface area contributed by atoms with Crippen molar-refractivity contribution in [3.63, 3.8) is 0 Å². The van der Waals surface area contributed by atoms with Crippen molar-refractivity contribution in [2.75, 3.05) is 26.2 Å². The molecule has 0 bridgehead atoms. The Morgan fingerprint density at radius 2 is 1.70 bits per heavy atom. The number of hydrogen-bond donors (Lipinski definition) is 4.